The van der Waals surface area contributed by atoms with Crippen LogP contribution in [0, 0.1) is 0 Å². The van der Waals surface area contributed by atoms with Gasteiger partial charge in [0, 0.05) is 6.42 Å². The average Bonchev–Trinajstić information content (AvgIpc) is 1.73. The van der Waals surface area contributed by atoms with Crippen molar-refractivity contribution >= 4 is 5.91 Å². The number of primary amides is 1. The largest absolute Gasteiger partial charge is 0.370 e. The van der Waals surface area contributed by atoms with Crippen LogP contribution in [0.25, 0.3) is 0 Å². The number of carbonyl (C=O) groups is 1. The molecule has 0 aliphatic carbocycles. The number of amides is 1. The molecule has 0 aliphatic rings. The van der Waals surface area contributed by atoms with E-state index in [1.165, 1.54) is 0 Å². The monoisotopic (exact) mass is 103 g/mol. The zero-order valence-corrected chi connectivity index (χ0v) is 5.19. The predicted molar refractivity (Wildman–Crippen MR) is 30.8 cm³/mol. The van der Waals surface area contributed by atoms with Gasteiger partial charge < -0.3 is 5.73 Å². The maximum absolute atomic E-state index is 9.59. The maximum atomic E-state index is 9.59. The molecular weight excluding hydrogens is 90.1 g/mol. The Hall–Kier alpha value is -0.530. The molecule has 0 aliphatic heterocycles. The van der Waals surface area contributed by atoms with E-state index in [-0.39, 0.29) is 5.91 Å². The molecule has 0 atom stereocenters. The number of nitrogens with two attached hydrogens (primary N) is 1. The Balaban J connectivity index is 0. The highest BCUT2D eigenvalue weighted by Gasteiger charge is 1.77. The van der Waals surface area contributed by atoms with Crippen LogP contribution >= 0.6 is 0 Å². The minimum Gasteiger partial charge on any atom is -0.370 e. The molecular formula is C5H13NO. The minimum atomic E-state index is -0.245. The molecule has 0 saturated heterocycles. The lowest BCUT2D eigenvalue weighted by Gasteiger charge is -1.73. The Labute approximate surface area is 44.7 Å². The summed E-state index contributed by atoms with van der Waals surface area (Å²) in [6.45, 7) is 5.72. The van der Waals surface area contributed by atoms with Crippen molar-refractivity contribution in [1.82, 2.24) is 0 Å². The summed E-state index contributed by atoms with van der Waals surface area (Å²) in [5.41, 5.74) is 4.65. The maximum Gasteiger partial charge on any atom is 0.217 e. The molecule has 0 aromatic rings. The summed E-state index contributed by atoms with van der Waals surface area (Å²) in [4.78, 5) is 9.59. The number of hydrogen-bond acceptors (Lipinski definition) is 1. The van der Waals surface area contributed by atoms with E-state index in [1.807, 2.05) is 13.8 Å². The zero-order valence-electron chi connectivity index (χ0n) is 5.19. The molecule has 0 aromatic carbocycles. The first kappa shape index (κ1) is 9.69. The third kappa shape index (κ3) is 30.5. The standard InChI is InChI=1S/C3H7NO.C2H6/c1-2-3(4)5;1-2/h2H2,1H3,(H2,4,5);1-2H3. The van der Waals surface area contributed by atoms with Crippen LogP contribution in [-0.2, 0) is 4.79 Å². The van der Waals surface area contributed by atoms with Gasteiger partial charge in [-0.3, -0.25) is 4.79 Å². The lowest BCUT2D eigenvalue weighted by molar-refractivity contribution is -0.117. The van der Waals surface area contributed by atoms with Crippen LogP contribution in [0.5, 0.6) is 0 Å². The molecule has 2 nitrogen and oxygen atoms in total. The highest BCUT2D eigenvalue weighted by molar-refractivity contribution is 5.73. The average molecular weight is 103 g/mol. The van der Waals surface area contributed by atoms with E-state index in [2.05, 4.69) is 5.73 Å². The Bertz CT molecular complexity index is 43.3. The minimum absolute atomic E-state index is 0.245. The van der Waals surface area contributed by atoms with Crippen molar-refractivity contribution in [3.8, 4) is 0 Å². The number of carbonyl (C=O) groups excluding carboxylic acids is 1. The van der Waals surface area contributed by atoms with E-state index in [4.69, 9.17) is 0 Å². The van der Waals surface area contributed by atoms with Crippen LogP contribution in [0.15, 0.2) is 0 Å². The fourth-order valence-corrected chi connectivity index (χ4v) is 0. The first-order valence-electron chi connectivity index (χ1n) is 2.55. The van der Waals surface area contributed by atoms with Gasteiger partial charge in [-0.25, -0.2) is 0 Å². The predicted octanol–water partition coefficient (Wildman–Crippen LogP) is 0.908. The second-order valence-corrected chi connectivity index (χ2v) is 0.820. The molecule has 0 spiro atoms. The molecule has 0 fully saturated rings. The smallest absolute Gasteiger partial charge is 0.217 e. The van der Waals surface area contributed by atoms with Gasteiger partial charge >= 0.3 is 0 Å². The van der Waals surface area contributed by atoms with Gasteiger partial charge in [0.15, 0.2) is 0 Å². The Morgan fingerprint density at radius 2 is 1.71 bits per heavy atom. The molecule has 2 N–H and O–H groups in total. The highest BCUT2D eigenvalue weighted by Crippen LogP contribution is 1.63. The van der Waals surface area contributed by atoms with Gasteiger partial charge in [-0.05, 0) is 0 Å². The molecule has 2 heteroatoms. The summed E-state index contributed by atoms with van der Waals surface area (Å²) < 4.78 is 0. The normalized spacial score (nSPS) is 6.14. The van der Waals surface area contributed by atoms with Gasteiger partial charge in [-0.15, -0.1) is 0 Å². The van der Waals surface area contributed by atoms with Crippen LogP contribution in [0.2, 0.25) is 0 Å². The summed E-state index contributed by atoms with van der Waals surface area (Å²) >= 11 is 0. The van der Waals surface area contributed by atoms with Crippen molar-refractivity contribution in [3.05, 3.63) is 0 Å². The van der Waals surface area contributed by atoms with Crippen molar-refractivity contribution in [2.75, 3.05) is 0 Å². The molecule has 0 aromatic heterocycles. The van der Waals surface area contributed by atoms with Crippen LogP contribution in [0.3, 0.4) is 0 Å². The topological polar surface area (TPSA) is 43.1 Å². The van der Waals surface area contributed by atoms with E-state index in [0.717, 1.165) is 0 Å². The lowest BCUT2D eigenvalue weighted by atomic mass is 10.5. The van der Waals surface area contributed by atoms with E-state index in [1.54, 1.807) is 6.92 Å². The number of rotatable bonds is 1. The second-order valence-electron chi connectivity index (χ2n) is 0.820. The summed E-state index contributed by atoms with van der Waals surface area (Å²) in [6.07, 6.45) is 0.444. The number of hydrogen-bond donors (Lipinski definition) is 1. The van der Waals surface area contributed by atoms with Gasteiger partial charge in [-0.1, -0.05) is 20.8 Å². The first-order valence-corrected chi connectivity index (χ1v) is 2.55. The van der Waals surface area contributed by atoms with Crippen LogP contribution in [0.1, 0.15) is 27.2 Å². The molecule has 44 valence electrons. The summed E-state index contributed by atoms with van der Waals surface area (Å²) in [5, 5.41) is 0. The van der Waals surface area contributed by atoms with E-state index >= 15 is 0 Å². The molecule has 0 saturated carbocycles. The highest BCUT2D eigenvalue weighted by atomic mass is 16.1. The molecule has 1 amide bonds. The fourth-order valence-electron chi connectivity index (χ4n) is 0. The van der Waals surface area contributed by atoms with Crippen molar-refractivity contribution in [2.24, 2.45) is 5.73 Å². The van der Waals surface area contributed by atoms with Crippen molar-refractivity contribution in [2.45, 2.75) is 27.2 Å². The third-order valence-electron chi connectivity index (χ3n) is 0.348. The molecule has 7 heavy (non-hydrogen) atoms. The quantitative estimate of drug-likeness (QED) is 0.526. The lowest BCUT2D eigenvalue weighted by Crippen LogP contribution is -2.06. The van der Waals surface area contributed by atoms with Gasteiger partial charge in [0.25, 0.3) is 0 Å². The molecule has 0 heterocycles. The SMILES string of the molecule is CC.CCC(N)=O. The van der Waals surface area contributed by atoms with Gasteiger partial charge in [0.05, 0.1) is 0 Å². The van der Waals surface area contributed by atoms with Crippen molar-refractivity contribution < 1.29 is 4.79 Å². The molecule has 0 rings (SSSR count). The first-order chi connectivity index (χ1) is 3.27. The summed E-state index contributed by atoms with van der Waals surface area (Å²) in [5.74, 6) is -0.245. The third-order valence-corrected chi connectivity index (χ3v) is 0.348. The fraction of sp³-hybridized carbons (Fsp3) is 0.800. The van der Waals surface area contributed by atoms with E-state index in [9.17, 15) is 4.79 Å². The van der Waals surface area contributed by atoms with Gasteiger partial charge in [0.2, 0.25) is 5.91 Å². The Morgan fingerprint density at radius 3 is 1.71 bits per heavy atom. The van der Waals surface area contributed by atoms with E-state index < -0.39 is 0 Å². The van der Waals surface area contributed by atoms with Crippen molar-refractivity contribution in [1.29, 1.82) is 0 Å². The second kappa shape index (κ2) is 9.08. The zero-order chi connectivity index (χ0) is 6.28. The molecule has 0 bridgehead atoms. The molecule has 0 unspecified atom stereocenters. The van der Waals surface area contributed by atoms with Crippen LogP contribution in [-0.4, -0.2) is 5.91 Å². The summed E-state index contributed by atoms with van der Waals surface area (Å²) in [6, 6.07) is 0. The van der Waals surface area contributed by atoms with E-state index in [0.29, 0.717) is 6.42 Å². The summed E-state index contributed by atoms with van der Waals surface area (Å²) in [7, 11) is 0. The molecule has 0 radical (unpaired) electrons. The van der Waals surface area contributed by atoms with Crippen molar-refractivity contribution in [3.63, 3.8) is 0 Å². The Kier molecular flexibility index (Phi) is 12.6. The van der Waals surface area contributed by atoms with Crippen LogP contribution < -0.4 is 5.73 Å². The Morgan fingerprint density at radius 1 is 1.57 bits per heavy atom. The van der Waals surface area contributed by atoms with Crippen LogP contribution in [0.4, 0.5) is 0 Å². The van der Waals surface area contributed by atoms with Gasteiger partial charge in [-0.2, -0.15) is 0 Å². The van der Waals surface area contributed by atoms with Gasteiger partial charge in [0.1, 0.15) is 0 Å².